The van der Waals surface area contributed by atoms with Crippen LogP contribution in [0.3, 0.4) is 0 Å². The highest BCUT2D eigenvalue weighted by atomic mass is 16.5. The number of amides is 2. The van der Waals surface area contributed by atoms with E-state index in [0.29, 0.717) is 19.5 Å². The minimum absolute atomic E-state index is 0.0611. The molecule has 2 heterocycles. The molecule has 0 aliphatic carbocycles. The number of methoxy groups -OCH3 is 1. The van der Waals surface area contributed by atoms with E-state index >= 15 is 0 Å². The van der Waals surface area contributed by atoms with Gasteiger partial charge in [0.15, 0.2) is 0 Å². The quantitative estimate of drug-likeness (QED) is 0.781. The number of carbonyl (C=O) groups is 2. The number of rotatable bonds is 6. The predicted molar refractivity (Wildman–Crippen MR) is 86.2 cm³/mol. The Morgan fingerprint density at radius 3 is 2.91 bits per heavy atom. The summed E-state index contributed by atoms with van der Waals surface area (Å²) in [4.78, 5) is 25.2. The van der Waals surface area contributed by atoms with Crippen LogP contribution in [-0.2, 0) is 21.4 Å². The Morgan fingerprint density at radius 1 is 1.52 bits per heavy atom. The summed E-state index contributed by atoms with van der Waals surface area (Å²) < 4.78 is 7.32. The Bertz CT molecular complexity index is 596. The van der Waals surface area contributed by atoms with Crippen LogP contribution in [0.4, 0.5) is 0 Å². The minimum Gasteiger partial charge on any atom is -0.376 e. The molecule has 1 saturated heterocycles. The van der Waals surface area contributed by atoms with Gasteiger partial charge in [0.1, 0.15) is 0 Å². The average molecular weight is 320 g/mol. The third-order valence-electron chi connectivity index (χ3n) is 4.25. The number of ether oxygens (including phenoxy) is 1. The molecule has 0 saturated carbocycles. The van der Waals surface area contributed by atoms with Gasteiger partial charge in [-0.2, -0.15) is 5.10 Å². The molecule has 0 bridgehead atoms. The number of aryl methyl sites for hydroxylation is 1. The molecule has 126 valence electrons. The SMILES string of the molecule is CO[C@@]1(CCC(N)=O)CCCN(C(=O)/C=C/c2cnn(C)c2)C1. The fourth-order valence-corrected chi connectivity index (χ4v) is 2.91. The Kier molecular flexibility index (Phi) is 5.54. The molecule has 2 amide bonds. The van der Waals surface area contributed by atoms with E-state index in [2.05, 4.69) is 5.10 Å². The van der Waals surface area contributed by atoms with Gasteiger partial charge in [-0.3, -0.25) is 14.3 Å². The van der Waals surface area contributed by atoms with Crippen LogP contribution in [0.25, 0.3) is 6.08 Å². The monoisotopic (exact) mass is 320 g/mol. The molecule has 1 atom stereocenters. The molecule has 1 aromatic heterocycles. The van der Waals surface area contributed by atoms with E-state index in [1.165, 1.54) is 0 Å². The molecule has 7 nitrogen and oxygen atoms in total. The lowest BCUT2D eigenvalue weighted by Crippen LogP contribution is -2.51. The number of piperidine rings is 1. The molecular weight excluding hydrogens is 296 g/mol. The zero-order chi connectivity index (χ0) is 16.9. The topological polar surface area (TPSA) is 90.4 Å². The lowest BCUT2D eigenvalue weighted by atomic mass is 9.87. The van der Waals surface area contributed by atoms with Gasteiger partial charge in [-0.25, -0.2) is 0 Å². The molecule has 7 heteroatoms. The Hall–Kier alpha value is -2.15. The summed E-state index contributed by atoms with van der Waals surface area (Å²) in [5, 5.41) is 4.06. The first-order valence-corrected chi connectivity index (χ1v) is 7.73. The van der Waals surface area contributed by atoms with Crippen molar-refractivity contribution in [1.29, 1.82) is 0 Å². The Balaban J connectivity index is 1.99. The van der Waals surface area contributed by atoms with Crippen molar-refractivity contribution in [2.75, 3.05) is 20.2 Å². The number of hydrogen-bond acceptors (Lipinski definition) is 4. The van der Waals surface area contributed by atoms with Crippen LogP contribution in [-0.4, -0.2) is 52.3 Å². The molecule has 1 aliphatic heterocycles. The summed E-state index contributed by atoms with van der Waals surface area (Å²) >= 11 is 0. The molecule has 0 unspecified atom stereocenters. The summed E-state index contributed by atoms with van der Waals surface area (Å²) in [5.41, 5.74) is 5.64. The normalized spacial score (nSPS) is 21.7. The van der Waals surface area contributed by atoms with Crippen LogP contribution in [0.15, 0.2) is 18.5 Å². The number of primary amides is 1. The van der Waals surface area contributed by atoms with Crippen molar-refractivity contribution in [2.45, 2.75) is 31.3 Å². The van der Waals surface area contributed by atoms with Crippen LogP contribution in [0, 0.1) is 0 Å². The van der Waals surface area contributed by atoms with Gasteiger partial charge >= 0.3 is 0 Å². The molecule has 0 aromatic carbocycles. The molecule has 2 N–H and O–H groups in total. The fourth-order valence-electron chi connectivity index (χ4n) is 2.91. The second kappa shape index (κ2) is 7.41. The van der Waals surface area contributed by atoms with Crippen LogP contribution in [0.5, 0.6) is 0 Å². The van der Waals surface area contributed by atoms with Crippen molar-refractivity contribution in [2.24, 2.45) is 12.8 Å². The van der Waals surface area contributed by atoms with E-state index in [9.17, 15) is 9.59 Å². The van der Waals surface area contributed by atoms with E-state index in [-0.39, 0.29) is 18.2 Å². The van der Waals surface area contributed by atoms with Gasteiger partial charge in [-0.15, -0.1) is 0 Å². The van der Waals surface area contributed by atoms with Gasteiger partial charge in [-0.1, -0.05) is 0 Å². The number of nitrogens with zero attached hydrogens (tertiary/aromatic N) is 3. The van der Waals surface area contributed by atoms with Gasteiger partial charge in [0.25, 0.3) is 0 Å². The van der Waals surface area contributed by atoms with Crippen molar-refractivity contribution >= 4 is 17.9 Å². The zero-order valence-corrected chi connectivity index (χ0v) is 13.7. The fraction of sp³-hybridized carbons (Fsp3) is 0.562. The molecule has 2 rings (SSSR count). The number of carbonyl (C=O) groups excluding carboxylic acids is 2. The molecule has 1 fully saturated rings. The second-order valence-electron chi connectivity index (χ2n) is 6.00. The third-order valence-corrected chi connectivity index (χ3v) is 4.25. The van der Waals surface area contributed by atoms with E-state index in [0.717, 1.165) is 18.4 Å². The van der Waals surface area contributed by atoms with Crippen molar-refractivity contribution in [3.63, 3.8) is 0 Å². The average Bonchev–Trinajstić information content (AvgIpc) is 2.96. The van der Waals surface area contributed by atoms with Crippen LogP contribution in [0.2, 0.25) is 0 Å². The Morgan fingerprint density at radius 2 is 2.30 bits per heavy atom. The first-order valence-electron chi connectivity index (χ1n) is 7.73. The van der Waals surface area contributed by atoms with Gasteiger partial charge in [0, 0.05) is 51.5 Å². The maximum Gasteiger partial charge on any atom is 0.246 e. The molecule has 23 heavy (non-hydrogen) atoms. The van der Waals surface area contributed by atoms with Crippen molar-refractivity contribution < 1.29 is 14.3 Å². The van der Waals surface area contributed by atoms with Gasteiger partial charge in [-0.05, 0) is 25.3 Å². The smallest absolute Gasteiger partial charge is 0.246 e. The van der Waals surface area contributed by atoms with Crippen molar-refractivity contribution in [3.8, 4) is 0 Å². The Labute approximate surface area is 136 Å². The second-order valence-corrected chi connectivity index (χ2v) is 6.00. The van der Waals surface area contributed by atoms with Gasteiger partial charge in [0.05, 0.1) is 11.8 Å². The van der Waals surface area contributed by atoms with E-state index < -0.39 is 5.60 Å². The van der Waals surface area contributed by atoms with E-state index in [1.807, 2.05) is 13.2 Å². The summed E-state index contributed by atoms with van der Waals surface area (Å²) in [5.74, 6) is -0.407. The molecule has 1 aromatic rings. The van der Waals surface area contributed by atoms with Crippen LogP contribution >= 0.6 is 0 Å². The van der Waals surface area contributed by atoms with E-state index in [4.69, 9.17) is 10.5 Å². The van der Waals surface area contributed by atoms with Crippen LogP contribution in [0.1, 0.15) is 31.2 Å². The summed E-state index contributed by atoms with van der Waals surface area (Å²) in [6, 6.07) is 0. The van der Waals surface area contributed by atoms with Crippen molar-refractivity contribution in [3.05, 3.63) is 24.0 Å². The number of aromatic nitrogens is 2. The molecular formula is C16H24N4O3. The molecule has 1 aliphatic rings. The van der Waals surface area contributed by atoms with Gasteiger partial charge in [0.2, 0.25) is 11.8 Å². The first kappa shape index (κ1) is 17.2. The first-order chi connectivity index (χ1) is 10.9. The number of nitrogens with two attached hydrogens (primary N) is 1. The highest BCUT2D eigenvalue weighted by Crippen LogP contribution is 2.29. The van der Waals surface area contributed by atoms with Crippen LogP contribution < -0.4 is 5.73 Å². The lowest BCUT2D eigenvalue weighted by Gasteiger charge is -2.41. The maximum atomic E-state index is 12.4. The summed E-state index contributed by atoms with van der Waals surface area (Å²) in [7, 11) is 3.45. The van der Waals surface area contributed by atoms with Gasteiger partial charge < -0.3 is 15.4 Å². The third kappa shape index (κ3) is 4.66. The minimum atomic E-state index is -0.481. The molecule has 0 spiro atoms. The maximum absolute atomic E-state index is 12.4. The highest BCUT2D eigenvalue weighted by molar-refractivity contribution is 5.91. The molecule has 0 radical (unpaired) electrons. The lowest BCUT2D eigenvalue weighted by molar-refractivity contribution is -0.136. The predicted octanol–water partition coefficient (Wildman–Crippen LogP) is 0.706. The zero-order valence-electron chi connectivity index (χ0n) is 13.7. The van der Waals surface area contributed by atoms with E-state index in [1.54, 1.807) is 35.0 Å². The summed E-state index contributed by atoms with van der Waals surface area (Å²) in [6.45, 7) is 1.17. The largest absolute Gasteiger partial charge is 0.376 e. The summed E-state index contributed by atoms with van der Waals surface area (Å²) in [6.07, 6.45) is 9.32. The van der Waals surface area contributed by atoms with Crippen molar-refractivity contribution in [1.82, 2.24) is 14.7 Å². The standard InChI is InChI=1S/C16H24N4O3/c1-19-11-13(10-18-19)4-5-15(22)20-9-3-7-16(12-20,23-2)8-6-14(17)21/h4-5,10-11H,3,6-9,12H2,1-2H3,(H2,17,21)/b5-4+/t16-/m1/s1. The highest BCUT2D eigenvalue weighted by Gasteiger charge is 2.36. The number of hydrogen-bond donors (Lipinski definition) is 1. The number of likely N-dealkylation sites (tertiary alicyclic amines) is 1.